The Morgan fingerprint density at radius 3 is 2.52 bits per heavy atom. The molecule has 0 aliphatic carbocycles. The van der Waals surface area contributed by atoms with Crippen LogP contribution in [0.15, 0.2) is 53.4 Å². The van der Waals surface area contributed by atoms with Gasteiger partial charge in [0.2, 0.25) is 0 Å². The van der Waals surface area contributed by atoms with E-state index >= 15 is 0 Å². The lowest BCUT2D eigenvalue weighted by Gasteiger charge is -2.07. The summed E-state index contributed by atoms with van der Waals surface area (Å²) < 4.78 is 4.84. The van der Waals surface area contributed by atoms with Gasteiger partial charge in [-0.25, -0.2) is 9.59 Å². The Bertz CT molecular complexity index is 780. The van der Waals surface area contributed by atoms with Crippen LogP contribution >= 0.6 is 23.4 Å². The summed E-state index contributed by atoms with van der Waals surface area (Å²) in [4.78, 5) is 34.8. The summed E-state index contributed by atoms with van der Waals surface area (Å²) in [6.45, 7) is -0.578. The first-order valence-corrected chi connectivity index (χ1v) is 8.54. The molecule has 0 fully saturated rings. The first-order chi connectivity index (χ1) is 11.9. The molecule has 25 heavy (non-hydrogen) atoms. The van der Waals surface area contributed by atoms with Crippen molar-refractivity contribution in [3.63, 3.8) is 0 Å². The molecule has 0 unspecified atom stereocenters. The summed E-state index contributed by atoms with van der Waals surface area (Å²) in [6, 6.07) is 13.4. The molecule has 130 valence electrons. The molecule has 0 aromatic heterocycles. The first kappa shape index (κ1) is 18.8. The monoisotopic (exact) mass is 378 g/mol. The van der Waals surface area contributed by atoms with Crippen LogP contribution < -0.4 is 11.1 Å². The zero-order chi connectivity index (χ0) is 18.2. The van der Waals surface area contributed by atoms with Crippen LogP contribution in [-0.2, 0) is 15.3 Å². The summed E-state index contributed by atoms with van der Waals surface area (Å²) >= 11 is 7.45. The number of thioether (sulfide) groups is 1. The number of nitrogens with one attached hydrogen (secondary N) is 1. The van der Waals surface area contributed by atoms with Gasteiger partial charge < -0.3 is 10.5 Å². The van der Waals surface area contributed by atoms with Crippen molar-refractivity contribution in [2.75, 3.05) is 6.61 Å². The van der Waals surface area contributed by atoms with E-state index in [0.717, 1.165) is 10.5 Å². The Hall–Kier alpha value is -2.51. The number of nitrogens with two attached hydrogens (primary N) is 1. The molecule has 0 saturated carbocycles. The SMILES string of the molecule is NC(=O)NC(=O)COC(=O)c1cccc(CSc2ccc(Cl)cc2)c1. The first-order valence-electron chi connectivity index (χ1n) is 7.18. The van der Waals surface area contributed by atoms with Crippen LogP contribution in [0.3, 0.4) is 0 Å². The van der Waals surface area contributed by atoms with Crippen LogP contribution in [0.2, 0.25) is 5.02 Å². The van der Waals surface area contributed by atoms with E-state index in [1.807, 2.05) is 35.6 Å². The van der Waals surface area contributed by atoms with Crippen LogP contribution in [0, 0.1) is 0 Å². The van der Waals surface area contributed by atoms with Crippen molar-refractivity contribution in [2.24, 2.45) is 5.73 Å². The number of halogens is 1. The number of amides is 3. The minimum Gasteiger partial charge on any atom is -0.452 e. The molecule has 0 spiro atoms. The van der Waals surface area contributed by atoms with Crippen molar-refractivity contribution in [1.82, 2.24) is 5.32 Å². The van der Waals surface area contributed by atoms with Crippen molar-refractivity contribution >= 4 is 41.3 Å². The molecule has 3 N–H and O–H groups in total. The number of benzene rings is 2. The quantitative estimate of drug-likeness (QED) is 0.594. The van der Waals surface area contributed by atoms with E-state index in [9.17, 15) is 14.4 Å². The Morgan fingerprint density at radius 2 is 1.84 bits per heavy atom. The van der Waals surface area contributed by atoms with Gasteiger partial charge in [-0.3, -0.25) is 10.1 Å². The Balaban J connectivity index is 1.91. The fraction of sp³-hybridized carbons (Fsp3) is 0.118. The van der Waals surface area contributed by atoms with E-state index < -0.39 is 24.5 Å². The number of urea groups is 1. The van der Waals surface area contributed by atoms with Gasteiger partial charge in [-0.2, -0.15) is 0 Å². The average Bonchev–Trinajstić information content (AvgIpc) is 2.59. The van der Waals surface area contributed by atoms with Crippen molar-refractivity contribution in [3.8, 4) is 0 Å². The molecule has 2 rings (SSSR count). The molecule has 0 aliphatic heterocycles. The van der Waals surface area contributed by atoms with Gasteiger partial charge in [0.05, 0.1) is 5.56 Å². The predicted octanol–water partition coefficient (Wildman–Crippen LogP) is 2.98. The summed E-state index contributed by atoms with van der Waals surface area (Å²) in [6.07, 6.45) is 0. The van der Waals surface area contributed by atoms with Gasteiger partial charge in [-0.05, 0) is 42.0 Å². The summed E-state index contributed by atoms with van der Waals surface area (Å²) in [5.74, 6) is -0.779. The lowest BCUT2D eigenvalue weighted by Crippen LogP contribution is -2.37. The highest BCUT2D eigenvalue weighted by atomic mass is 35.5. The summed E-state index contributed by atoms with van der Waals surface area (Å²) in [7, 11) is 0. The second-order valence-electron chi connectivity index (χ2n) is 4.93. The van der Waals surface area contributed by atoms with E-state index in [0.29, 0.717) is 16.3 Å². The van der Waals surface area contributed by atoms with Crippen molar-refractivity contribution in [3.05, 3.63) is 64.7 Å². The van der Waals surface area contributed by atoms with Crippen LogP contribution in [-0.4, -0.2) is 24.5 Å². The van der Waals surface area contributed by atoms with Gasteiger partial charge in [-0.15, -0.1) is 11.8 Å². The van der Waals surface area contributed by atoms with Gasteiger partial charge in [0, 0.05) is 15.7 Å². The van der Waals surface area contributed by atoms with Crippen LogP contribution in [0.5, 0.6) is 0 Å². The third-order valence-electron chi connectivity index (χ3n) is 2.98. The van der Waals surface area contributed by atoms with Gasteiger partial charge in [0.15, 0.2) is 6.61 Å². The molecule has 0 bridgehead atoms. The van der Waals surface area contributed by atoms with Gasteiger partial charge in [-0.1, -0.05) is 23.7 Å². The molecule has 2 aromatic carbocycles. The number of rotatable bonds is 6. The maximum Gasteiger partial charge on any atom is 0.338 e. The molecule has 0 atom stereocenters. The van der Waals surface area contributed by atoms with Crippen LogP contribution in [0.1, 0.15) is 15.9 Å². The van der Waals surface area contributed by atoms with Gasteiger partial charge in [0.25, 0.3) is 5.91 Å². The molecule has 0 aliphatic rings. The molecule has 0 heterocycles. The third kappa shape index (κ3) is 6.48. The van der Waals surface area contributed by atoms with E-state index in [2.05, 4.69) is 0 Å². The second kappa shape index (κ2) is 9.10. The number of hydrogen-bond acceptors (Lipinski definition) is 5. The van der Waals surface area contributed by atoms with Crippen LogP contribution in [0.4, 0.5) is 4.79 Å². The van der Waals surface area contributed by atoms with Crippen LogP contribution in [0.25, 0.3) is 0 Å². The maximum atomic E-state index is 12.0. The van der Waals surface area contributed by atoms with E-state index in [4.69, 9.17) is 22.1 Å². The smallest absolute Gasteiger partial charge is 0.338 e. The zero-order valence-corrected chi connectivity index (χ0v) is 14.6. The topological polar surface area (TPSA) is 98.5 Å². The normalized spacial score (nSPS) is 10.1. The van der Waals surface area contributed by atoms with Crippen molar-refractivity contribution in [2.45, 2.75) is 10.6 Å². The van der Waals surface area contributed by atoms with E-state index in [1.54, 1.807) is 30.0 Å². The predicted molar refractivity (Wildman–Crippen MR) is 95.5 cm³/mol. The lowest BCUT2D eigenvalue weighted by atomic mass is 10.1. The molecular formula is C17H15ClN2O4S. The number of carbonyl (C=O) groups is 3. The number of primary amides is 1. The van der Waals surface area contributed by atoms with Crippen molar-refractivity contribution in [1.29, 1.82) is 0 Å². The fourth-order valence-electron chi connectivity index (χ4n) is 1.87. The molecule has 0 saturated heterocycles. The minimum absolute atomic E-state index is 0.320. The Kier molecular flexibility index (Phi) is 6.85. The molecular weight excluding hydrogens is 364 g/mol. The molecule has 3 amide bonds. The number of carbonyl (C=O) groups excluding carboxylic acids is 3. The fourth-order valence-corrected chi connectivity index (χ4v) is 2.84. The number of imide groups is 1. The summed E-state index contributed by atoms with van der Waals surface area (Å²) in [5, 5.41) is 2.49. The summed E-state index contributed by atoms with van der Waals surface area (Å²) in [5.41, 5.74) is 6.05. The Morgan fingerprint density at radius 1 is 1.12 bits per heavy atom. The van der Waals surface area contributed by atoms with E-state index in [-0.39, 0.29) is 0 Å². The van der Waals surface area contributed by atoms with Gasteiger partial charge >= 0.3 is 12.0 Å². The lowest BCUT2D eigenvalue weighted by molar-refractivity contribution is -0.123. The number of esters is 1. The minimum atomic E-state index is -0.998. The highest BCUT2D eigenvalue weighted by Crippen LogP contribution is 2.24. The molecule has 8 heteroatoms. The average molecular weight is 379 g/mol. The standard InChI is InChI=1S/C17H15ClN2O4S/c18-13-4-6-14(7-5-13)25-10-11-2-1-3-12(8-11)16(22)24-9-15(21)20-17(19)23/h1-8H,9-10H2,(H3,19,20,21,23). The largest absolute Gasteiger partial charge is 0.452 e. The molecule has 6 nitrogen and oxygen atoms in total. The second-order valence-corrected chi connectivity index (χ2v) is 6.42. The molecule has 0 radical (unpaired) electrons. The number of ether oxygens (including phenoxy) is 1. The van der Waals surface area contributed by atoms with Gasteiger partial charge in [0.1, 0.15) is 0 Å². The zero-order valence-electron chi connectivity index (χ0n) is 13.0. The highest BCUT2D eigenvalue weighted by molar-refractivity contribution is 7.98. The van der Waals surface area contributed by atoms with E-state index in [1.165, 1.54) is 0 Å². The highest BCUT2D eigenvalue weighted by Gasteiger charge is 2.11. The van der Waals surface area contributed by atoms with Crippen molar-refractivity contribution < 1.29 is 19.1 Å². The maximum absolute atomic E-state index is 12.0. The number of hydrogen-bond donors (Lipinski definition) is 2. The third-order valence-corrected chi connectivity index (χ3v) is 4.31. The molecule has 2 aromatic rings. The Labute approximate surface area is 153 Å².